The molecule has 0 atom stereocenters. The van der Waals surface area contributed by atoms with E-state index >= 15 is 0 Å². The van der Waals surface area contributed by atoms with Gasteiger partial charge in [-0.25, -0.2) is 4.98 Å². The topological polar surface area (TPSA) is 71.0 Å². The van der Waals surface area contributed by atoms with Gasteiger partial charge in [0.05, 0.1) is 12.2 Å². The number of aryl methyl sites for hydroxylation is 1. The van der Waals surface area contributed by atoms with Crippen LogP contribution >= 0.6 is 0 Å². The van der Waals surface area contributed by atoms with Crippen molar-refractivity contribution in [2.45, 2.75) is 20.0 Å². The highest BCUT2D eigenvalue weighted by atomic mass is 16.2. The van der Waals surface area contributed by atoms with Crippen LogP contribution in [0.25, 0.3) is 0 Å². The lowest BCUT2D eigenvalue weighted by Gasteiger charge is -2.28. The molecule has 3 heterocycles. The largest absolute Gasteiger partial charge is 0.357 e. The molecule has 2 aromatic heterocycles. The number of hydrogen-bond donors (Lipinski definition) is 1. The second-order valence-electron chi connectivity index (χ2n) is 4.57. The lowest BCUT2D eigenvalue weighted by atomic mass is 10.2. The molecule has 2 aromatic rings. The van der Waals surface area contributed by atoms with Gasteiger partial charge in [-0.05, 0) is 19.1 Å². The van der Waals surface area contributed by atoms with Crippen molar-refractivity contribution in [1.82, 2.24) is 19.4 Å². The minimum absolute atomic E-state index is 0.0491. The Balaban J connectivity index is 1.90. The number of H-pyrrole nitrogens is 1. The highest BCUT2D eigenvalue weighted by Gasteiger charge is 2.26. The second kappa shape index (κ2) is 4.38. The van der Waals surface area contributed by atoms with Crippen molar-refractivity contribution >= 4 is 12.2 Å². The van der Waals surface area contributed by atoms with E-state index in [9.17, 15) is 9.59 Å². The number of aldehydes is 1. The Kier molecular flexibility index (Phi) is 2.70. The van der Waals surface area contributed by atoms with Gasteiger partial charge in [0, 0.05) is 19.3 Å². The van der Waals surface area contributed by atoms with Gasteiger partial charge >= 0.3 is 0 Å². The predicted molar refractivity (Wildman–Crippen MR) is 67.9 cm³/mol. The van der Waals surface area contributed by atoms with Gasteiger partial charge in [0.25, 0.3) is 5.91 Å². The van der Waals surface area contributed by atoms with Crippen molar-refractivity contribution < 1.29 is 9.59 Å². The maximum atomic E-state index is 12.3. The summed E-state index contributed by atoms with van der Waals surface area (Å²) in [6.07, 6.45) is 2.48. The van der Waals surface area contributed by atoms with E-state index in [1.807, 2.05) is 11.5 Å². The summed E-state index contributed by atoms with van der Waals surface area (Å²) in [6, 6.07) is 3.54. The zero-order valence-electron chi connectivity index (χ0n) is 10.6. The highest BCUT2D eigenvalue weighted by molar-refractivity contribution is 5.92. The van der Waals surface area contributed by atoms with E-state index in [1.165, 1.54) is 0 Å². The van der Waals surface area contributed by atoms with Gasteiger partial charge in [-0.1, -0.05) is 0 Å². The summed E-state index contributed by atoms with van der Waals surface area (Å²) in [7, 11) is 0. The average molecular weight is 258 g/mol. The third-order valence-electron chi connectivity index (χ3n) is 3.46. The van der Waals surface area contributed by atoms with E-state index in [0.717, 1.165) is 17.8 Å². The van der Waals surface area contributed by atoms with Crippen molar-refractivity contribution in [3.05, 3.63) is 41.2 Å². The molecule has 0 aromatic carbocycles. The maximum absolute atomic E-state index is 12.3. The molecule has 6 nitrogen and oxygen atoms in total. The molecule has 0 radical (unpaired) electrons. The number of fused-ring (bicyclic) bond motifs is 1. The summed E-state index contributed by atoms with van der Waals surface area (Å²) in [5, 5.41) is 0. The zero-order valence-corrected chi connectivity index (χ0v) is 10.6. The number of imidazole rings is 1. The summed E-state index contributed by atoms with van der Waals surface area (Å²) in [5.41, 5.74) is 1.82. The molecule has 1 amide bonds. The Labute approximate surface area is 110 Å². The summed E-state index contributed by atoms with van der Waals surface area (Å²) in [6.45, 7) is 3.60. The van der Waals surface area contributed by atoms with E-state index in [2.05, 4.69) is 9.97 Å². The minimum atomic E-state index is -0.0491. The van der Waals surface area contributed by atoms with E-state index in [4.69, 9.17) is 0 Å². The molecule has 1 N–H and O–H groups in total. The van der Waals surface area contributed by atoms with Crippen LogP contribution in [-0.4, -0.2) is 38.2 Å². The van der Waals surface area contributed by atoms with Crippen molar-refractivity contribution in [1.29, 1.82) is 0 Å². The lowest BCUT2D eigenvalue weighted by Crippen LogP contribution is -2.38. The zero-order chi connectivity index (χ0) is 13.4. The minimum Gasteiger partial charge on any atom is -0.357 e. The van der Waals surface area contributed by atoms with Gasteiger partial charge in [0.1, 0.15) is 17.2 Å². The first-order valence-electron chi connectivity index (χ1n) is 6.14. The summed E-state index contributed by atoms with van der Waals surface area (Å²) in [4.78, 5) is 32.1. The molecule has 19 heavy (non-hydrogen) atoms. The van der Waals surface area contributed by atoms with Gasteiger partial charge < -0.3 is 14.5 Å². The number of hydrogen-bond acceptors (Lipinski definition) is 3. The Bertz CT molecular complexity index is 627. The highest BCUT2D eigenvalue weighted by Crippen LogP contribution is 2.19. The van der Waals surface area contributed by atoms with Gasteiger partial charge in [-0.3, -0.25) is 9.59 Å². The predicted octanol–water partition coefficient (Wildman–Crippen LogP) is 0.988. The van der Waals surface area contributed by atoms with Crippen LogP contribution < -0.4 is 0 Å². The fraction of sp³-hybridized carbons (Fsp3) is 0.308. The molecule has 6 heteroatoms. The van der Waals surface area contributed by atoms with Crippen LogP contribution in [0.5, 0.6) is 0 Å². The van der Waals surface area contributed by atoms with Gasteiger partial charge in [0.15, 0.2) is 6.29 Å². The fourth-order valence-corrected chi connectivity index (χ4v) is 2.48. The first kappa shape index (κ1) is 11.7. The van der Waals surface area contributed by atoms with Crippen molar-refractivity contribution in [3.63, 3.8) is 0 Å². The van der Waals surface area contributed by atoms with Gasteiger partial charge in [-0.2, -0.15) is 0 Å². The van der Waals surface area contributed by atoms with Crippen LogP contribution in [0.1, 0.15) is 32.5 Å². The van der Waals surface area contributed by atoms with E-state index in [-0.39, 0.29) is 5.91 Å². The molecule has 0 saturated carbocycles. The molecule has 0 spiro atoms. The molecule has 3 rings (SSSR count). The van der Waals surface area contributed by atoms with Crippen LogP contribution in [0.15, 0.2) is 18.3 Å². The molecule has 0 saturated heterocycles. The van der Waals surface area contributed by atoms with Crippen LogP contribution in [0.4, 0.5) is 0 Å². The van der Waals surface area contributed by atoms with E-state index in [0.29, 0.717) is 31.0 Å². The Morgan fingerprint density at radius 2 is 2.32 bits per heavy atom. The van der Waals surface area contributed by atoms with Crippen LogP contribution in [0.2, 0.25) is 0 Å². The number of aromatic nitrogens is 3. The Morgan fingerprint density at radius 1 is 1.47 bits per heavy atom. The first-order chi connectivity index (χ1) is 9.20. The molecule has 0 unspecified atom stereocenters. The molecule has 1 aliphatic heterocycles. The van der Waals surface area contributed by atoms with Crippen molar-refractivity contribution in [2.75, 3.05) is 6.54 Å². The molecule has 0 fully saturated rings. The fourth-order valence-electron chi connectivity index (χ4n) is 2.48. The van der Waals surface area contributed by atoms with E-state index < -0.39 is 0 Å². The third kappa shape index (κ3) is 1.85. The molecule has 1 aliphatic rings. The molecular weight excluding hydrogens is 244 g/mol. The SMILES string of the molecule is Cc1nc(C=O)c2n1CCN(C(=O)c1ccc[nH]1)C2. The number of carbonyl (C=O) groups is 2. The number of amides is 1. The van der Waals surface area contributed by atoms with Crippen LogP contribution in [0.3, 0.4) is 0 Å². The number of nitrogens with zero attached hydrogens (tertiary/aromatic N) is 3. The molecule has 0 aliphatic carbocycles. The number of carbonyl (C=O) groups excluding carboxylic acids is 2. The Hall–Kier alpha value is -2.37. The van der Waals surface area contributed by atoms with Crippen molar-refractivity contribution in [2.24, 2.45) is 0 Å². The quantitative estimate of drug-likeness (QED) is 0.816. The average Bonchev–Trinajstić information content (AvgIpc) is 3.06. The number of nitrogens with one attached hydrogen (secondary N) is 1. The van der Waals surface area contributed by atoms with Crippen LogP contribution in [-0.2, 0) is 13.1 Å². The normalized spacial score (nSPS) is 14.3. The summed E-state index contributed by atoms with van der Waals surface area (Å²) < 4.78 is 2.00. The maximum Gasteiger partial charge on any atom is 0.270 e. The monoisotopic (exact) mass is 258 g/mol. The van der Waals surface area contributed by atoms with Gasteiger partial charge in [-0.15, -0.1) is 0 Å². The van der Waals surface area contributed by atoms with Crippen molar-refractivity contribution in [3.8, 4) is 0 Å². The van der Waals surface area contributed by atoms with Gasteiger partial charge in [0.2, 0.25) is 0 Å². The third-order valence-corrected chi connectivity index (χ3v) is 3.46. The smallest absolute Gasteiger partial charge is 0.270 e. The van der Waals surface area contributed by atoms with Crippen LogP contribution in [0, 0.1) is 6.92 Å². The van der Waals surface area contributed by atoms with E-state index in [1.54, 1.807) is 23.2 Å². The lowest BCUT2D eigenvalue weighted by molar-refractivity contribution is 0.0703. The molecular formula is C13H14N4O2. The molecule has 0 bridgehead atoms. The summed E-state index contributed by atoms with van der Waals surface area (Å²) >= 11 is 0. The summed E-state index contributed by atoms with van der Waals surface area (Å²) in [5.74, 6) is 0.774. The molecule has 98 valence electrons. The second-order valence-corrected chi connectivity index (χ2v) is 4.57. The first-order valence-corrected chi connectivity index (χ1v) is 6.14. The number of rotatable bonds is 2. The standard InChI is InChI=1S/C13H14N4O2/c1-9-15-11(8-18)12-7-16(5-6-17(9)12)13(19)10-3-2-4-14-10/h2-4,8,14H,5-7H2,1H3. The Morgan fingerprint density at radius 3 is 3.00 bits per heavy atom. The number of aromatic amines is 1.